The van der Waals surface area contributed by atoms with Crippen molar-refractivity contribution in [3.05, 3.63) is 47.4 Å². The van der Waals surface area contributed by atoms with Gasteiger partial charge in [0.25, 0.3) is 0 Å². The number of carbonyl (C=O) groups excluding carboxylic acids is 2. The van der Waals surface area contributed by atoms with Crippen LogP contribution in [-0.4, -0.2) is 56.1 Å². The number of carbonyl (C=O) groups is 2. The number of nitrogens with one attached hydrogen (secondary N) is 1. The first kappa shape index (κ1) is 28.1. The molecule has 2 atom stereocenters. The second-order valence-corrected chi connectivity index (χ2v) is 10.1. The lowest BCUT2D eigenvalue weighted by molar-refractivity contribution is -0.137. The van der Waals surface area contributed by atoms with Gasteiger partial charge >= 0.3 is 6.18 Å². The maximum absolute atomic E-state index is 15.3. The number of hydrogen-bond acceptors (Lipinski definition) is 5. The lowest BCUT2D eigenvalue weighted by Crippen LogP contribution is -2.53. The lowest BCUT2D eigenvalue weighted by Gasteiger charge is -2.40. The molecule has 12 heteroatoms. The van der Waals surface area contributed by atoms with Crippen LogP contribution in [0.4, 0.5) is 34.8 Å². The van der Waals surface area contributed by atoms with Gasteiger partial charge in [0.15, 0.2) is 0 Å². The molecule has 2 saturated heterocycles. The van der Waals surface area contributed by atoms with Crippen LogP contribution in [0.15, 0.2) is 30.3 Å². The van der Waals surface area contributed by atoms with E-state index in [1.165, 1.54) is 31.0 Å². The molecular formula is C26H30ClF4N5O2. The number of amides is 2. The Kier molecular flexibility index (Phi) is 7.90. The van der Waals surface area contributed by atoms with Gasteiger partial charge < -0.3 is 15.1 Å². The standard InChI is InChI=1S/C26H29F4N5O2.ClH/c1-15-10-18(26(28,29)30)12-21(32-15)35-22(36)11-17-14-34(13-16-6-8-31-9-7-16)24-19(27)4-3-5-20(24)33(2)25(37)23(17)35;/h3-5,10,12,16-17,23,31H,6-9,11,13-14H2,1-2H3;1H/t17-,23+;/m1./s1. The second kappa shape index (κ2) is 10.7. The van der Waals surface area contributed by atoms with Crippen molar-refractivity contribution < 1.29 is 27.2 Å². The molecule has 0 spiro atoms. The van der Waals surface area contributed by atoms with E-state index in [1.54, 1.807) is 6.07 Å². The maximum Gasteiger partial charge on any atom is 0.416 e. The van der Waals surface area contributed by atoms with Crippen molar-refractivity contribution in [3.8, 4) is 0 Å². The van der Waals surface area contributed by atoms with Gasteiger partial charge in [-0.25, -0.2) is 9.37 Å². The topological polar surface area (TPSA) is 68.8 Å². The molecular weight excluding hydrogens is 526 g/mol. The van der Waals surface area contributed by atoms with Crippen LogP contribution < -0.4 is 20.0 Å². The Labute approximate surface area is 224 Å². The number of alkyl halides is 3. The van der Waals surface area contributed by atoms with Gasteiger partial charge in [0.05, 0.1) is 16.9 Å². The van der Waals surface area contributed by atoms with Crippen LogP contribution in [0.25, 0.3) is 0 Å². The molecule has 1 aromatic carbocycles. The summed E-state index contributed by atoms with van der Waals surface area (Å²) in [6.07, 6.45) is -2.84. The maximum atomic E-state index is 15.3. The fraction of sp³-hybridized carbons (Fsp3) is 0.500. The minimum absolute atomic E-state index is 0. The molecule has 3 aliphatic rings. The summed E-state index contributed by atoms with van der Waals surface area (Å²) in [6.45, 7) is 3.92. The lowest BCUT2D eigenvalue weighted by atomic mass is 9.93. The van der Waals surface area contributed by atoms with E-state index in [0.29, 0.717) is 23.8 Å². The third-order valence-electron chi connectivity index (χ3n) is 7.56. The van der Waals surface area contributed by atoms with Gasteiger partial charge in [-0.3, -0.25) is 14.5 Å². The normalized spacial score (nSPS) is 22.5. The molecule has 2 aromatic rings. The zero-order valence-electron chi connectivity index (χ0n) is 21.1. The first-order chi connectivity index (χ1) is 17.5. The van der Waals surface area contributed by atoms with Gasteiger partial charge in [0, 0.05) is 38.2 Å². The van der Waals surface area contributed by atoms with Crippen LogP contribution in [-0.2, 0) is 15.8 Å². The van der Waals surface area contributed by atoms with Crippen molar-refractivity contribution >= 4 is 41.4 Å². The highest BCUT2D eigenvalue weighted by molar-refractivity contribution is 6.10. The monoisotopic (exact) mass is 555 g/mol. The largest absolute Gasteiger partial charge is 0.416 e. The SMILES string of the molecule is Cc1cc(C(F)(F)F)cc(N2C(=O)C[C@@H]3CN(CC4CCNCC4)c4c(F)cccc4N(C)C(=O)[C@H]32)n1.Cl. The number of pyridine rings is 1. The van der Waals surface area contributed by atoms with E-state index in [-0.39, 0.29) is 36.9 Å². The number of likely N-dealkylation sites (N-methyl/N-ethyl adjacent to an activating group) is 1. The Balaban J connectivity index is 0.00000336. The molecule has 2 fully saturated rings. The molecule has 1 N–H and O–H groups in total. The zero-order chi connectivity index (χ0) is 26.5. The smallest absolute Gasteiger partial charge is 0.367 e. The van der Waals surface area contributed by atoms with Gasteiger partial charge in [-0.15, -0.1) is 12.4 Å². The zero-order valence-corrected chi connectivity index (χ0v) is 21.9. The summed E-state index contributed by atoms with van der Waals surface area (Å²) < 4.78 is 55.9. The molecule has 2 amide bonds. The van der Waals surface area contributed by atoms with Crippen molar-refractivity contribution in [3.63, 3.8) is 0 Å². The summed E-state index contributed by atoms with van der Waals surface area (Å²) in [5.41, 5.74) is -0.162. The number of fused-ring (bicyclic) bond motifs is 2. The Bertz CT molecular complexity index is 1220. The highest BCUT2D eigenvalue weighted by Crippen LogP contribution is 2.41. The molecule has 1 aromatic heterocycles. The Hall–Kier alpha value is -2.92. The Morgan fingerprint density at radius 3 is 2.53 bits per heavy atom. The number of hydrogen-bond donors (Lipinski definition) is 1. The number of anilines is 3. The molecule has 3 aliphatic heterocycles. The van der Waals surface area contributed by atoms with E-state index in [9.17, 15) is 22.8 Å². The molecule has 7 nitrogen and oxygen atoms in total. The van der Waals surface area contributed by atoms with Crippen LogP contribution in [0.1, 0.15) is 30.5 Å². The van der Waals surface area contributed by atoms with E-state index in [0.717, 1.165) is 43.0 Å². The number of benzene rings is 1. The summed E-state index contributed by atoms with van der Waals surface area (Å²) in [6, 6.07) is 5.20. The van der Waals surface area contributed by atoms with Gasteiger partial charge in [-0.2, -0.15) is 13.2 Å². The number of halogens is 5. The van der Waals surface area contributed by atoms with Gasteiger partial charge in [-0.1, -0.05) is 6.07 Å². The highest BCUT2D eigenvalue weighted by Gasteiger charge is 2.49. The van der Waals surface area contributed by atoms with Crippen LogP contribution in [0, 0.1) is 24.6 Å². The number of nitrogens with zero attached hydrogens (tertiary/aromatic N) is 4. The second-order valence-electron chi connectivity index (χ2n) is 10.1. The third kappa shape index (κ3) is 5.18. The van der Waals surface area contributed by atoms with E-state index in [4.69, 9.17) is 0 Å². The quantitative estimate of drug-likeness (QED) is 0.576. The fourth-order valence-electron chi connectivity index (χ4n) is 5.81. The van der Waals surface area contributed by atoms with Crippen LogP contribution in [0.3, 0.4) is 0 Å². The Morgan fingerprint density at radius 1 is 1.13 bits per heavy atom. The first-order valence-corrected chi connectivity index (χ1v) is 12.4. The van der Waals surface area contributed by atoms with Crippen LogP contribution >= 0.6 is 12.4 Å². The third-order valence-corrected chi connectivity index (χ3v) is 7.56. The first-order valence-electron chi connectivity index (χ1n) is 12.4. The fourth-order valence-corrected chi connectivity index (χ4v) is 5.81. The van der Waals surface area contributed by atoms with Crippen LogP contribution in [0.5, 0.6) is 0 Å². The predicted octanol–water partition coefficient (Wildman–Crippen LogP) is 4.17. The van der Waals surface area contributed by atoms with Crippen molar-refractivity contribution in [1.29, 1.82) is 0 Å². The average molecular weight is 556 g/mol. The summed E-state index contributed by atoms with van der Waals surface area (Å²) in [7, 11) is 1.51. The van der Waals surface area contributed by atoms with E-state index >= 15 is 4.39 Å². The van der Waals surface area contributed by atoms with Crippen molar-refractivity contribution in [1.82, 2.24) is 10.3 Å². The number of aryl methyl sites for hydroxylation is 1. The summed E-state index contributed by atoms with van der Waals surface area (Å²) in [5.74, 6) is -1.86. The van der Waals surface area contributed by atoms with Gasteiger partial charge in [0.1, 0.15) is 17.7 Å². The summed E-state index contributed by atoms with van der Waals surface area (Å²) >= 11 is 0. The molecule has 206 valence electrons. The van der Waals surface area contributed by atoms with E-state index in [1.807, 2.05) is 4.90 Å². The summed E-state index contributed by atoms with van der Waals surface area (Å²) in [5, 5.41) is 3.32. The van der Waals surface area contributed by atoms with Gasteiger partial charge in [-0.05, 0) is 63.0 Å². The molecule has 0 saturated carbocycles. The minimum atomic E-state index is -4.63. The molecule has 5 rings (SSSR count). The predicted molar refractivity (Wildman–Crippen MR) is 138 cm³/mol. The van der Waals surface area contributed by atoms with Crippen molar-refractivity contribution in [2.45, 2.75) is 38.4 Å². The number of piperidine rings is 1. The summed E-state index contributed by atoms with van der Waals surface area (Å²) in [4.78, 5) is 35.6. The molecule has 0 aliphatic carbocycles. The number of para-hydroxylation sites is 1. The van der Waals surface area contributed by atoms with E-state index < -0.39 is 41.3 Å². The number of rotatable bonds is 3. The molecule has 0 bridgehead atoms. The molecule has 0 unspecified atom stereocenters. The average Bonchev–Trinajstić information content (AvgIpc) is 3.17. The Morgan fingerprint density at radius 2 is 1.84 bits per heavy atom. The van der Waals surface area contributed by atoms with Crippen LogP contribution in [0.2, 0.25) is 0 Å². The van der Waals surface area contributed by atoms with Crippen molar-refractivity contribution in [2.75, 3.05) is 47.9 Å². The molecule has 4 heterocycles. The van der Waals surface area contributed by atoms with Gasteiger partial charge in [0.2, 0.25) is 11.8 Å². The van der Waals surface area contributed by atoms with E-state index in [2.05, 4.69) is 10.3 Å². The molecule has 38 heavy (non-hydrogen) atoms. The highest BCUT2D eigenvalue weighted by atomic mass is 35.5. The molecule has 0 radical (unpaired) electrons. The number of aromatic nitrogens is 1. The van der Waals surface area contributed by atoms with Crippen molar-refractivity contribution in [2.24, 2.45) is 11.8 Å². The minimum Gasteiger partial charge on any atom is -0.367 e.